The molecule has 0 saturated heterocycles. The van der Waals surface area contributed by atoms with E-state index in [-0.39, 0.29) is 18.4 Å². The lowest BCUT2D eigenvalue weighted by molar-refractivity contribution is -0.120. The molecule has 0 atom stereocenters. The van der Waals surface area contributed by atoms with Gasteiger partial charge in [-0.1, -0.05) is 36.4 Å². The Morgan fingerprint density at radius 1 is 1.14 bits per heavy atom. The zero-order valence-electron chi connectivity index (χ0n) is 19.8. The van der Waals surface area contributed by atoms with E-state index in [1.165, 1.54) is 13.4 Å². The molecule has 1 saturated carbocycles. The fourth-order valence-corrected chi connectivity index (χ4v) is 4.43. The van der Waals surface area contributed by atoms with Crippen molar-refractivity contribution in [2.45, 2.75) is 38.3 Å². The van der Waals surface area contributed by atoms with E-state index in [9.17, 15) is 9.59 Å². The number of Topliss-reactive ketones (excluding diaryl/α,β-unsaturated/α-hetero) is 1. The van der Waals surface area contributed by atoms with Crippen LogP contribution in [0.3, 0.4) is 0 Å². The van der Waals surface area contributed by atoms with Gasteiger partial charge in [-0.15, -0.1) is 0 Å². The highest BCUT2D eigenvalue weighted by atomic mass is 16.5. The van der Waals surface area contributed by atoms with Gasteiger partial charge < -0.3 is 15.2 Å². The molecule has 184 valence electrons. The quantitative estimate of drug-likeness (QED) is 0.406. The molecule has 3 N–H and O–H groups in total. The second-order valence-corrected chi connectivity index (χ2v) is 8.62. The fraction of sp³-hybridized carbons (Fsp3) is 0.269. The normalized spacial score (nSPS) is 14.1. The first-order valence-electron chi connectivity index (χ1n) is 11.7. The average Bonchev–Trinajstić information content (AvgIpc) is 3.30. The minimum Gasteiger partial charge on any atom is -0.495 e. The number of nitrogen functional groups attached to an aromatic ring is 1. The molecule has 0 unspecified atom stereocenters. The molecule has 5 rings (SSSR count). The Balaban J connectivity index is 1.42. The van der Waals surface area contributed by atoms with Gasteiger partial charge in [0.2, 0.25) is 0 Å². The molecule has 10 heteroatoms. The third-order valence-corrected chi connectivity index (χ3v) is 6.30. The molecule has 0 radical (unpaired) electrons. The van der Waals surface area contributed by atoms with Crippen LogP contribution in [0.4, 0.5) is 16.3 Å². The number of ketones is 1. The Bertz CT molecular complexity index is 1410. The van der Waals surface area contributed by atoms with Gasteiger partial charge in [-0.05, 0) is 30.5 Å². The Morgan fingerprint density at radius 3 is 2.67 bits per heavy atom. The third kappa shape index (κ3) is 4.70. The van der Waals surface area contributed by atoms with E-state index in [1.807, 2.05) is 41.1 Å². The number of fused-ring (bicyclic) bond motifs is 1. The topological polar surface area (TPSA) is 134 Å². The van der Waals surface area contributed by atoms with Gasteiger partial charge in [0, 0.05) is 18.4 Å². The van der Waals surface area contributed by atoms with E-state index in [4.69, 9.17) is 20.3 Å². The Morgan fingerprint density at radius 2 is 1.92 bits per heavy atom. The van der Waals surface area contributed by atoms with Crippen molar-refractivity contribution in [2.75, 3.05) is 18.2 Å². The number of carbonyl (C=O) groups excluding carboxylic acids is 2. The summed E-state index contributed by atoms with van der Waals surface area (Å²) in [6.45, 7) is 0.155. The van der Waals surface area contributed by atoms with Gasteiger partial charge in [0.1, 0.15) is 36.0 Å². The summed E-state index contributed by atoms with van der Waals surface area (Å²) in [5, 5.41) is 8.22. The van der Waals surface area contributed by atoms with Gasteiger partial charge in [0.05, 0.1) is 24.2 Å². The van der Waals surface area contributed by atoms with Gasteiger partial charge in [-0.25, -0.2) is 19.4 Å². The van der Waals surface area contributed by atoms with Crippen molar-refractivity contribution in [1.29, 1.82) is 0 Å². The van der Waals surface area contributed by atoms with Crippen molar-refractivity contribution in [1.82, 2.24) is 19.7 Å². The Kier molecular flexibility index (Phi) is 6.48. The number of aromatic nitrogens is 4. The lowest BCUT2D eigenvalue weighted by Gasteiger charge is -2.21. The lowest BCUT2D eigenvalue weighted by Crippen LogP contribution is -2.19. The van der Waals surface area contributed by atoms with E-state index in [0.717, 1.165) is 11.1 Å². The average molecular weight is 487 g/mol. The first-order chi connectivity index (χ1) is 17.5. The molecule has 2 aromatic carbocycles. The molecule has 4 aromatic rings. The summed E-state index contributed by atoms with van der Waals surface area (Å²) in [4.78, 5) is 32.7. The molecule has 1 aliphatic rings. The number of methoxy groups -OCH3 is 1. The van der Waals surface area contributed by atoms with Crippen molar-refractivity contribution >= 4 is 34.4 Å². The summed E-state index contributed by atoms with van der Waals surface area (Å²) < 4.78 is 12.7. The number of hydrogen-bond acceptors (Lipinski definition) is 8. The maximum Gasteiger partial charge on any atom is 0.412 e. The van der Waals surface area contributed by atoms with Crippen LogP contribution >= 0.6 is 0 Å². The van der Waals surface area contributed by atoms with Crippen LogP contribution < -0.4 is 15.8 Å². The van der Waals surface area contributed by atoms with E-state index in [1.54, 1.807) is 12.1 Å². The lowest BCUT2D eigenvalue weighted by atomic mass is 9.94. The molecule has 2 heterocycles. The number of benzene rings is 2. The molecule has 0 bridgehead atoms. The number of nitrogens with zero attached hydrogens (tertiary/aromatic N) is 4. The monoisotopic (exact) mass is 486 g/mol. The van der Waals surface area contributed by atoms with Crippen molar-refractivity contribution in [3.63, 3.8) is 0 Å². The number of carbonyl (C=O) groups is 2. The van der Waals surface area contributed by atoms with Crippen LogP contribution in [-0.2, 0) is 16.1 Å². The molecule has 1 aliphatic carbocycles. The first-order valence-corrected chi connectivity index (χ1v) is 11.7. The van der Waals surface area contributed by atoms with Gasteiger partial charge >= 0.3 is 6.09 Å². The predicted molar refractivity (Wildman–Crippen MR) is 134 cm³/mol. The largest absolute Gasteiger partial charge is 0.495 e. The van der Waals surface area contributed by atoms with Crippen LogP contribution in [0, 0.1) is 0 Å². The van der Waals surface area contributed by atoms with Gasteiger partial charge in [0.25, 0.3) is 0 Å². The van der Waals surface area contributed by atoms with E-state index >= 15 is 0 Å². The van der Waals surface area contributed by atoms with Crippen LogP contribution in [0.2, 0.25) is 0 Å². The number of anilines is 2. The summed E-state index contributed by atoms with van der Waals surface area (Å²) in [6.07, 6.45) is 3.28. The minimum absolute atomic E-state index is 0.0514. The SMILES string of the molecule is COc1cc(-c2nn(C3CCC(=O)CC3)c3ncnc(N)c23)ccc1NC(=O)OCc1ccccc1. The van der Waals surface area contributed by atoms with Gasteiger partial charge in [0.15, 0.2) is 5.65 Å². The standard InChI is InChI=1S/C26H26N6O4/c1-35-21-13-17(7-12-20(21)30-26(34)36-14-16-5-3-2-4-6-16)23-22-24(27)28-15-29-25(22)32(31-23)18-8-10-19(33)11-9-18/h2-7,12-13,15,18H,8-11,14H2,1H3,(H,30,34)(H2,27,28,29). The minimum atomic E-state index is -0.593. The molecule has 2 aromatic heterocycles. The van der Waals surface area contributed by atoms with Gasteiger partial charge in [-0.3, -0.25) is 10.1 Å². The van der Waals surface area contributed by atoms with Crippen LogP contribution in [0.25, 0.3) is 22.3 Å². The molecular weight excluding hydrogens is 460 g/mol. The van der Waals surface area contributed by atoms with Crippen LogP contribution in [0.15, 0.2) is 54.9 Å². The van der Waals surface area contributed by atoms with Crippen molar-refractivity contribution < 1.29 is 19.1 Å². The van der Waals surface area contributed by atoms with E-state index < -0.39 is 6.09 Å². The highest BCUT2D eigenvalue weighted by molar-refractivity contribution is 5.99. The number of hydrogen-bond donors (Lipinski definition) is 2. The molecule has 0 spiro atoms. The predicted octanol–water partition coefficient (Wildman–Crippen LogP) is 4.52. The number of rotatable bonds is 6. The smallest absolute Gasteiger partial charge is 0.412 e. The zero-order chi connectivity index (χ0) is 25.1. The summed E-state index contributed by atoms with van der Waals surface area (Å²) in [5.41, 5.74) is 9.55. The summed E-state index contributed by atoms with van der Waals surface area (Å²) in [6, 6.07) is 14.8. The maximum absolute atomic E-state index is 12.4. The van der Waals surface area contributed by atoms with Crippen LogP contribution in [-0.4, -0.2) is 38.7 Å². The van der Waals surface area contributed by atoms with Crippen molar-refractivity contribution in [3.8, 4) is 17.0 Å². The number of nitrogens with one attached hydrogen (secondary N) is 1. The summed E-state index contributed by atoms with van der Waals surface area (Å²) >= 11 is 0. The van der Waals surface area contributed by atoms with Crippen LogP contribution in [0.1, 0.15) is 37.3 Å². The third-order valence-electron chi connectivity index (χ3n) is 6.30. The summed E-state index contributed by atoms with van der Waals surface area (Å²) in [5.74, 6) is 1.02. The number of amides is 1. The molecule has 10 nitrogen and oxygen atoms in total. The van der Waals surface area contributed by atoms with E-state index in [2.05, 4.69) is 15.3 Å². The van der Waals surface area contributed by atoms with Crippen molar-refractivity contribution in [3.05, 3.63) is 60.4 Å². The van der Waals surface area contributed by atoms with Gasteiger partial charge in [-0.2, -0.15) is 5.10 Å². The Labute approximate surface area is 207 Å². The number of nitrogens with two attached hydrogens (primary N) is 1. The highest BCUT2D eigenvalue weighted by Crippen LogP contribution is 2.37. The van der Waals surface area contributed by atoms with Crippen molar-refractivity contribution in [2.24, 2.45) is 0 Å². The highest BCUT2D eigenvalue weighted by Gasteiger charge is 2.26. The molecule has 0 aliphatic heterocycles. The molecule has 1 fully saturated rings. The molecular formula is C26H26N6O4. The molecule has 1 amide bonds. The summed E-state index contributed by atoms with van der Waals surface area (Å²) in [7, 11) is 1.52. The first kappa shape index (κ1) is 23.3. The number of ether oxygens (including phenoxy) is 2. The fourth-order valence-electron chi connectivity index (χ4n) is 4.43. The zero-order valence-corrected chi connectivity index (χ0v) is 19.8. The maximum atomic E-state index is 12.4. The van der Waals surface area contributed by atoms with Crippen LogP contribution in [0.5, 0.6) is 5.75 Å². The van der Waals surface area contributed by atoms with E-state index in [0.29, 0.717) is 59.7 Å². The molecule has 36 heavy (non-hydrogen) atoms. The second-order valence-electron chi connectivity index (χ2n) is 8.62. The second kappa shape index (κ2) is 10.0. The Hall–Kier alpha value is -4.47.